The van der Waals surface area contributed by atoms with Crippen LogP contribution in [0.4, 0.5) is 0 Å². The van der Waals surface area contributed by atoms with E-state index in [1.165, 1.54) is 6.42 Å². The molecule has 0 saturated carbocycles. The van der Waals surface area contributed by atoms with E-state index in [-0.39, 0.29) is 5.91 Å². The van der Waals surface area contributed by atoms with Crippen molar-refractivity contribution in [2.24, 2.45) is 5.92 Å². The molecule has 1 fully saturated rings. The molecule has 0 spiro atoms. The van der Waals surface area contributed by atoms with E-state index in [2.05, 4.69) is 20.7 Å². The van der Waals surface area contributed by atoms with Gasteiger partial charge in [-0.25, -0.2) is 9.67 Å². The molecule has 1 aliphatic rings. The van der Waals surface area contributed by atoms with Crippen molar-refractivity contribution >= 4 is 5.91 Å². The Kier molecular flexibility index (Phi) is 4.25. The summed E-state index contributed by atoms with van der Waals surface area (Å²) >= 11 is 0. The van der Waals surface area contributed by atoms with Crippen molar-refractivity contribution in [3.05, 3.63) is 42.4 Å². The van der Waals surface area contributed by atoms with E-state index in [0.29, 0.717) is 24.0 Å². The van der Waals surface area contributed by atoms with Crippen LogP contribution in [0.5, 0.6) is 0 Å². The van der Waals surface area contributed by atoms with E-state index in [9.17, 15) is 4.79 Å². The van der Waals surface area contributed by atoms with Gasteiger partial charge in [-0.05, 0) is 50.0 Å². The highest BCUT2D eigenvalue weighted by Crippen LogP contribution is 2.11. The minimum absolute atomic E-state index is 0.130. The number of aromatic nitrogens is 3. The minimum Gasteiger partial charge on any atom is -0.351 e. The summed E-state index contributed by atoms with van der Waals surface area (Å²) < 4.78 is 1.64. The van der Waals surface area contributed by atoms with Gasteiger partial charge in [-0.3, -0.25) is 4.79 Å². The van der Waals surface area contributed by atoms with Crippen LogP contribution in [0.25, 0.3) is 5.82 Å². The van der Waals surface area contributed by atoms with Crippen LogP contribution < -0.4 is 10.6 Å². The van der Waals surface area contributed by atoms with Gasteiger partial charge in [0.25, 0.3) is 5.91 Å². The van der Waals surface area contributed by atoms with Crippen molar-refractivity contribution in [3.63, 3.8) is 0 Å². The second-order valence-corrected chi connectivity index (χ2v) is 5.24. The second-order valence-electron chi connectivity index (χ2n) is 5.24. The first-order valence-corrected chi connectivity index (χ1v) is 7.29. The average molecular weight is 285 g/mol. The van der Waals surface area contributed by atoms with E-state index in [4.69, 9.17) is 0 Å². The maximum atomic E-state index is 12.1. The normalized spacial score (nSPS) is 17.8. The lowest BCUT2D eigenvalue weighted by atomic mass is 10.1. The molecule has 110 valence electrons. The molecule has 6 nitrogen and oxygen atoms in total. The van der Waals surface area contributed by atoms with Gasteiger partial charge in [0, 0.05) is 18.9 Å². The van der Waals surface area contributed by atoms with Crippen molar-refractivity contribution in [2.45, 2.75) is 12.8 Å². The Balaban J connectivity index is 1.58. The van der Waals surface area contributed by atoms with Crippen LogP contribution in [0, 0.1) is 5.92 Å². The molecular weight excluding hydrogens is 266 g/mol. The van der Waals surface area contributed by atoms with E-state index >= 15 is 0 Å². The zero-order valence-electron chi connectivity index (χ0n) is 11.8. The van der Waals surface area contributed by atoms with E-state index in [1.807, 2.05) is 18.2 Å². The largest absolute Gasteiger partial charge is 0.351 e. The average Bonchev–Trinajstić information content (AvgIpc) is 3.21. The van der Waals surface area contributed by atoms with Gasteiger partial charge in [0.1, 0.15) is 5.69 Å². The number of nitrogens with one attached hydrogen (secondary N) is 2. The maximum Gasteiger partial charge on any atom is 0.269 e. The van der Waals surface area contributed by atoms with Crippen molar-refractivity contribution in [2.75, 3.05) is 19.6 Å². The molecule has 2 aromatic rings. The Labute approximate surface area is 123 Å². The summed E-state index contributed by atoms with van der Waals surface area (Å²) in [5.41, 5.74) is 0.424. The van der Waals surface area contributed by atoms with Crippen LogP contribution in [0.15, 0.2) is 36.7 Å². The number of carbonyl (C=O) groups excluding carboxylic acids is 1. The first-order chi connectivity index (χ1) is 10.3. The number of hydrogen-bond acceptors (Lipinski definition) is 4. The highest BCUT2D eigenvalue weighted by Gasteiger charge is 2.15. The monoisotopic (exact) mass is 285 g/mol. The Hall–Kier alpha value is -2.21. The molecule has 0 aliphatic carbocycles. The Morgan fingerprint density at radius 3 is 3.14 bits per heavy atom. The molecular formula is C15H19N5O. The van der Waals surface area contributed by atoms with Gasteiger partial charge < -0.3 is 10.6 Å². The predicted molar refractivity (Wildman–Crippen MR) is 79.3 cm³/mol. The third-order valence-corrected chi connectivity index (χ3v) is 3.71. The lowest BCUT2D eigenvalue weighted by Crippen LogP contribution is -2.27. The molecule has 3 rings (SSSR count). The minimum atomic E-state index is -0.130. The lowest BCUT2D eigenvalue weighted by molar-refractivity contribution is 0.0946. The maximum absolute atomic E-state index is 12.1. The molecule has 1 amide bonds. The molecule has 6 heteroatoms. The smallest absolute Gasteiger partial charge is 0.269 e. The molecule has 1 aliphatic heterocycles. The SMILES string of the molecule is O=C(NCCC1CCNC1)c1cccc(-n2cccn2)n1. The van der Waals surface area contributed by atoms with Crippen LogP contribution in [-0.2, 0) is 0 Å². The Bertz CT molecular complexity index is 590. The molecule has 1 saturated heterocycles. The molecule has 0 aromatic carbocycles. The van der Waals surface area contributed by atoms with Gasteiger partial charge in [-0.2, -0.15) is 5.10 Å². The molecule has 3 heterocycles. The van der Waals surface area contributed by atoms with Crippen molar-refractivity contribution in [1.82, 2.24) is 25.4 Å². The van der Waals surface area contributed by atoms with Crippen molar-refractivity contribution in [1.29, 1.82) is 0 Å². The van der Waals surface area contributed by atoms with Gasteiger partial charge in [-0.1, -0.05) is 6.07 Å². The van der Waals surface area contributed by atoms with E-state index in [1.54, 1.807) is 23.1 Å². The van der Waals surface area contributed by atoms with Crippen molar-refractivity contribution in [3.8, 4) is 5.82 Å². The van der Waals surface area contributed by atoms with Gasteiger partial charge in [0.05, 0.1) is 0 Å². The Morgan fingerprint density at radius 2 is 2.38 bits per heavy atom. The fraction of sp³-hybridized carbons (Fsp3) is 0.400. The molecule has 2 aromatic heterocycles. The molecule has 1 unspecified atom stereocenters. The van der Waals surface area contributed by atoms with Crippen LogP contribution >= 0.6 is 0 Å². The number of hydrogen-bond donors (Lipinski definition) is 2. The van der Waals surface area contributed by atoms with Gasteiger partial charge in [-0.15, -0.1) is 0 Å². The van der Waals surface area contributed by atoms with Crippen molar-refractivity contribution < 1.29 is 4.79 Å². The summed E-state index contributed by atoms with van der Waals surface area (Å²) in [4.78, 5) is 16.5. The molecule has 2 N–H and O–H groups in total. The summed E-state index contributed by atoms with van der Waals surface area (Å²) in [7, 11) is 0. The zero-order chi connectivity index (χ0) is 14.5. The summed E-state index contributed by atoms with van der Waals surface area (Å²) in [5, 5.41) is 10.4. The lowest BCUT2D eigenvalue weighted by Gasteiger charge is -2.09. The van der Waals surface area contributed by atoms with Crippen LogP contribution in [-0.4, -0.2) is 40.3 Å². The number of rotatable bonds is 5. The first kappa shape index (κ1) is 13.8. The highest BCUT2D eigenvalue weighted by atomic mass is 16.1. The van der Waals surface area contributed by atoms with Crippen LogP contribution in [0.1, 0.15) is 23.3 Å². The summed E-state index contributed by atoms with van der Waals surface area (Å²) in [6.07, 6.45) is 5.70. The topological polar surface area (TPSA) is 71.8 Å². The number of nitrogens with zero attached hydrogens (tertiary/aromatic N) is 3. The van der Waals surface area contributed by atoms with Crippen LogP contribution in [0.3, 0.4) is 0 Å². The van der Waals surface area contributed by atoms with Gasteiger partial charge >= 0.3 is 0 Å². The summed E-state index contributed by atoms with van der Waals surface area (Å²) in [6.45, 7) is 2.84. The third kappa shape index (κ3) is 3.46. The molecule has 0 bridgehead atoms. The summed E-state index contributed by atoms with van der Waals surface area (Å²) in [5.74, 6) is 1.19. The standard InChI is InChI=1S/C15H19N5O/c21-15(17-9-6-12-5-8-16-11-12)13-3-1-4-14(19-13)20-10-2-7-18-20/h1-4,7,10,12,16H,5-6,8-9,11H2,(H,17,21). The molecule has 1 atom stereocenters. The summed E-state index contributed by atoms with van der Waals surface area (Å²) in [6, 6.07) is 7.19. The zero-order valence-corrected chi connectivity index (χ0v) is 11.8. The van der Waals surface area contributed by atoms with Gasteiger partial charge in [0.15, 0.2) is 5.82 Å². The Morgan fingerprint density at radius 1 is 1.43 bits per heavy atom. The van der Waals surface area contributed by atoms with Gasteiger partial charge in [0.2, 0.25) is 0 Å². The quantitative estimate of drug-likeness (QED) is 0.859. The second kappa shape index (κ2) is 6.49. The third-order valence-electron chi connectivity index (χ3n) is 3.71. The number of amides is 1. The molecule has 21 heavy (non-hydrogen) atoms. The fourth-order valence-corrected chi connectivity index (χ4v) is 2.52. The first-order valence-electron chi connectivity index (χ1n) is 7.29. The fourth-order valence-electron chi connectivity index (χ4n) is 2.52. The number of pyridine rings is 1. The van der Waals surface area contributed by atoms with E-state index < -0.39 is 0 Å². The predicted octanol–water partition coefficient (Wildman–Crippen LogP) is 0.997. The van der Waals surface area contributed by atoms with Crippen LogP contribution in [0.2, 0.25) is 0 Å². The molecule has 0 radical (unpaired) electrons. The number of carbonyl (C=O) groups is 1. The van der Waals surface area contributed by atoms with E-state index in [0.717, 1.165) is 19.5 Å². The highest BCUT2D eigenvalue weighted by molar-refractivity contribution is 5.92.